The molecular formula is C16H16F3N3O2S. The van der Waals surface area contributed by atoms with Gasteiger partial charge in [-0.15, -0.1) is 0 Å². The average Bonchev–Trinajstić information content (AvgIpc) is 2.93. The molecule has 0 saturated heterocycles. The minimum Gasteiger partial charge on any atom is -0.591 e. The van der Waals surface area contributed by atoms with E-state index >= 15 is 0 Å². The van der Waals surface area contributed by atoms with Crippen molar-refractivity contribution in [3.63, 3.8) is 0 Å². The van der Waals surface area contributed by atoms with Crippen LogP contribution in [-0.2, 0) is 24.1 Å². The molecule has 9 heteroatoms. The van der Waals surface area contributed by atoms with Crippen molar-refractivity contribution in [2.24, 2.45) is 4.40 Å². The molecule has 1 aromatic carbocycles. The Morgan fingerprint density at radius 2 is 2.04 bits per heavy atom. The summed E-state index contributed by atoms with van der Waals surface area (Å²) in [6.45, 7) is 5.47. The van der Waals surface area contributed by atoms with E-state index in [0.29, 0.717) is 17.1 Å². The van der Waals surface area contributed by atoms with Crippen molar-refractivity contribution < 1.29 is 22.5 Å². The number of imidazole rings is 1. The molecular weight excluding hydrogens is 355 g/mol. The summed E-state index contributed by atoms with van der Waals surface area (Å²) in [7, 11) is 0. The third-order valence-electron chi connectivity index (χ3n) is 3.60. The highest BCUT2D eigenvalue weighted by molar-refractivity contribution is 7.91. The Balaban J connectivity index is 1.93. The van der Waals surface area contributed by atoms with Gasteiger partial charge in [0.2, 0.25) is 0 Å². The zero-order valence-electron chi connectivity index (χ0n) is 13.8. The summed E-state index contributed by atoms with van der Waals surface area (Å²) in [4.78, 5) is 4.20. The molecule has 0 amide bonds. The Morgan fingerprint density at radius 1 is 1.32 bits per heavy atom. The van der Waals surface area contributed by atoms with Crippen molar-refractivity contribution in [3.05, 3.63) is 41.5 Å². The Hall–Kier alpha value is -2.00. The van der Waals surface area contributed by atoms with Gasteiger partial charge in [-0.25, -0.2) is 4.98 Å². The molecule has 0 spiro atoms. The van der Waals surface area contributed by atoms with Crippen molar-refractivity contribution in [1.82, 2.24) is 9.55 Å². The smallest absolute Gasteiger partial charge is 0.416 e. The van der Waals surface area contributed by atoms with Crippen LogP contribution in [0.3, 0.4) is 0 Å². The predicted octanol–water partition coefficient (Wildman–Crippen LogP) is 3.66. The van der Waals surface area contributed by atoms with E-state index in [4.69, 9.17) is 4.74 Å². The lowest BCUT2D eigenvalue weighted by atomic mass is 10.1. The van der Waals surface area contributed by atoms with E-state index < -0.39 is 27.8 Å². The van der Waals surface area contributed by atoms with Gasteiger partial charge in [0.05, 0.1) is 16.9 Å². The van der Waals surface area contributed by atoms with Crippen molar-refractivity contribution in [1.29, 1.82) is 0 Å². The van der Waals surface area contributed by atoms with Gasteiger partial charge < -0.3 is 9.29 Å². The molecule has 25 heavy (non-hydrogen) atoms. The summed E-state index contributed by atoms with van der Waals surface area (Å²) in [5, 5.41) is 0. The molecule has 0 fully saturated rings. The van der Waals surface area contributed by atoms with Gasteiger partial charge in [0.1, 0.15) is 46.7 Å². The van der Waals surface area contributed by atoms with Crippen molar-refractivity contribution >= 4 is 17.6 Å². The van der Waals surface area contributed by atoms with E-state index in [0.717, 1.165) is 12.1 Å². The second kappa shape index (κ2) is 6.06. The highest BCUT2D eigenvalue weighted by Gasteiger charge is 2.32. The first-order valence-electron chi connectivity index (χ1n) is 7.44. The lowest BCUT2D eigenvalue weighted by molar-refractivity contribution is -0.137. The lowest BCUT2D eigenvalue weighted by Crippen LogP contribution is -2.26. The number of rotatable bonds is 2. The van der Waals surface area contributed by atoms with Gasteiger partial charge in [0, 0.05) is 0 Å². The van der Waals surface area contributed by atoms with Crippen LogP contribution < -0.4 is 4.74 Å². The van der Waals surface area contributed by atoms with Gasteiger partial charge >= 0.3 is 6.18 Å². The fraction of sp³-hybridized carbons (Fsp3) is 0.375. The maximum absolute atomic E-state index is 12.8. The summed E-state index contributed by atoms with van der Waals surface area (Å²) in [6, 6.07) is 3.32. The van der Waals surface area contributed by atoms with Crippen molar-refractivity contribution in [2.45, 2.75) is 38.3 Å². The van der Waals surface area contributed by atoms with Gasteiger partial charge in [0.15, 0.2) is 0 Å². The molecule has 0 bridgehead atoms. The topological polar surface area (TPSA) is 62.5 Å². The van der Waals surface area contributed by atoms with Crippen LogP contribution in [0.15, 0.2) is 28.9 Å². The van der Waals surface area contributed by atoms with Gasteiger partial charge in [-0.3, -0.25) is 4.57 Å². The predicted molar refractivity (Wildman–Crippen MR) is 88.4 cm³/mol. The number of hydrogen-bond acceptors (Lipinski definition) is 4. The molecule has 1 aliphatic heterocycles. The number of alkyl halides is 3. The first kappa shape index (κ1) is 17.8. The Labute approximate surface area is 145 Å². The first-order valence-corrected chi connectivity index (χ1v) is 8.55. The Kier molecular flexibility index (Phi) is 4.32. The highest BCUT2D eigenvalue weighted by atomic mass is 32.2. The largest absolute Gasteiger partial charge is 0.591 e. The van der Waals surface area contributed by atoms with Gasteiger partial charge in [-0.1, -0.05) is 4.40 Å². The van der Waals surface area contributed by atoms with Gasteiger partial charge in [-0.2, -0.15) is 13.2 Å². The molecule has 1 aliphatic rings. The quantitative estimate of drug-likeness (QED) is 0.598. The maximum atomic E-state index is 12.8. The van der Waals surface area contributed by atoms with Gasteiger partial charge in [-0.05, 0) is 39.0 Å². The number of nitrogens with zero attached hydrogens (tertiary/aromatic N) is 3. The number of ether oxygens (including phenoxy) is 1. The van der Waals surface area contributed by atoms with Crippen LogP contribution in [0.25, 0.3) is 5.69 Å². The number of fused-ring (bicyclic) bond motifs is 3. The first-order chi connectivity index (χ1) is 11.6. The van der Waals surface area contributed by atoms with E-state index in [1.807, 2.05) is 0 Å². The van der Waals surface area contributed by atoms with Crippen LogP contribution in [0.4, 0.5) is 13.2 Å². The van der Waals surface area contributed by atoms with Crippen LogP contribution in [0.2, 0.25) is 0 Å². The zero-order chi connectivity index (χ0) is 18.4. The molecule has 0 saturated carbocycles. The third kappa shape index (κ3) is 3.52. The number of halogens is 3. The Morgan fingerprint density at radius 3 is 2.68 bits per heavy atom. The number of benzene rings is 1. The monoisotopic (exact) mass is 371 g/mol. The molecule has 134 valence electrons. The molecule has 0 radical (unpaired) electrons. The molecule has 1 aromatic heterocycles. The molecule has 2 aromatic rings. The molecule has 0 aliphatic carbocycles. The number of aromatic nitrogens is 2. The van der Waals surface area contributed by atoms with E-state index in [1.165, 1.54) is 18.6 Å². The fourth-order valence-corrected chi connectivity index (χ4v) is 2.77. The van der Waals surface area contributed by atoms with Crippen LogP contribution in [0.5, 0.6) is 5.75 Å². The minimum absolute atomic E-state index is 0.0534. The Bertz CT molecular complexity index is 825. The van der Waals surface area contributed by atoms with Crippen LogP contribution in [-0.4, -0.2) is 25.1 Å². The van der Waals surface area contributed by atoms with E-state index in [-0.39, 0.29) is 12.4 Å². The molecule has 5 nitrogen and oxygen atoms in total. The van der Waals surface area contributed by atoms with Crippen LogP contribution in [0.1, 0.15) is 37.7 Å². The standard InChI is InChI=1S/C16H16F3N3O2S/c1-15(2,3)25(23)21-7-11-13-8-24-14-6-10(16(17,18)19)4-5-12(14)22(13)9-20-11/h4-7,9H,8H2,1-3H3/b21-7+/t25-/m0/s1. The summed E-state index contributed by atoms with van der Waals surface area (Å²) in [5.41, 5.74) is 0.820. The minimum atomic E-state index is -4.43. The molecule has 1 atom stereocenters. The maximum Gasteiger partial charge on any atom is 0.416 e. The highest BCUT2D eigenvalue weighted by Crippen LogP contribution is 2.37. The molecule has 0 N–H and O–H groups in total. The SMILES string of the molecule is CC(C)(C)[S@+]([O-])/N=C/c1ncn2c1COc1cc(C(F)(F)F)ccc1-2. The average molecular weight is 371 g/mol. The summed E-state index contributed by atoms with van der Waals surface area (Å²) < 4.78 is 61.1. The van der Waals surface area contributed by atoms with Crippen molar-refractivity contribution in [2.75, 3.05) is 0 Å². The lowest BCUT2D eigenvalue weighted by Gasteiger charge is -2.21. The third-order valence-corrected chi connectivity index (χ3v) is 4.95. The van der Waals surface area contributed by atoms with Crippen LogP contribution in [0, 0.1) is 0 Å². The second-order valence-corrected chi connectivity index (χ2v) is 8.45. The van der Waals surface area contributed by atoms with E-state index in [1.54, 1.807) is 25.3 Å². The summed E-state index contributed by atoms with van der Waals surface area (Å²) >= 11 is -1.43. The number of hydrogen-bond donors (Lipinski definition) is 0. The molecule has 2 heterocycles. The van der Waals surface area contributed by atoms with E-state index in [9.17, 15) is 17.7 Å². The fourth-order valence-electron chi connectivity index (χ4n) is 2.25. The second-order valence-electron chi connectivity index (χ2n) is 6.51. The van der Waals surface area contributed by atoms with E-state index in [2.05, 4.69) is 9.38 Å². The summed E-state index contributed by atoms with van der Waals surface area (Å²) in [5.74, 6) is 0.140. The van der Waals surface area contributed by atoms with Gasteiger partial charge in [0.25, 0.3) is 0 Å². The summed E-state index contributed by atoms with van der Waals surface area (Å²) in [6.07, 6.45) is -1.53. The normalized spacial score (nSPS) is 15.6. The zero-order valence-corrected chi connectivity index (χ0v) is 14.6. The molecule has 3 rings (SSSR count). The van der Waals surface area contributed by atoms with Crippen LogP contribution >= 0.6 is 0 Å². The molecule has 0 unspecified atom stereocenters. The van der Waals surface area contributed by atoms with Crippen molar-refractivity contribution in [3.8, 4) is 11.4 Å².